The Morgan fingerprint density at radius 2 is 2.12 bits per heavy atom. The van der Waals surface area contributed by atoms with E-state index in [1.54, 1.807) is 18.3 Å². The molecule has 2 N–H and O–H groups in total. The number of rotatable bonds is 4. The van der Waals surface area contributed by atoms with Crippen molar-refractivity contribution in [1.82, 2.24) is 10.3 Å². The lowest BCUT2D eigenvalue weighted by Crippen LogP contribution is -2.07. The van der Waals surface area contributed by atoms with Crippen LogP contribution in [0.2, 0.25) is 0 Å². The van der Waals surface area contributed by atoms with Gasteiger partial charge in [-0.15, -0.1) is 11.3 Å². The molecule has 16 heavy (non-hydrogen) atoms. The molecule has 2 rings (SSSR count). The largest absolute Gasteiger partial charge is 0.508 e. The summed E-state index contributed by atoms with van der Waals surface area (Å²) in [5.74, 6) is 0.239. The van der Waals surface area contributed by atoms with Gasteiger partial charge in [0.2, 0.25) is 6.41 Å². The molecule has 1 aromatic heterocycles. The summed E-state index contributed by atoms with van der Waals surface area (Å²) in [5, 5.41) is 12.6. The summed E-state index contributed by atoms with van der Waals surface area (Å²) in [6, 6.07) is 6.87. The Hall–Kier alpha value is -1.88. The fourth-order valence-corrected chi connectivity index (χ4v) is 2.14. The molecule has 0 atom stereocenters. The lowest BCUT2D eigenvalue weighted by molar-refractivity contribution is -0.109. The number of hydrogen-bond donors (Lipinski definition) is 2. The van der Waals surface area contributed by atoms with Gasteiger partial charge in [-0.2, -0.15) is 0 Å². The molecule has 0 radical (unpaired) electrons. The van der Waals surface area contributed by atoms with Gasteiger partial charge in [0.15, 0.2) is 0 Å². The number of phenolic OH excluding ortho intramolecular Hbond substituents is 1. The van der Waals surface area contributed by atoms with Crippen LogP contribution in [0.4, 0.5) is 0 Å². The van der Waals surface area contributed by atoms with Crippen molar-refractivity contribution in [3.63, 3.8) is 0 Å². The van der Waals surface area contributed by atoms with E-state index in [1.165, 1.54) is 11.3 Å². The summed E-state index contributed by atoms with van der Waals surface area (Å²) < 4.78 is 0. The molecule has 0 bridgehead atoms. The van der Waals surface area contributed by atoms with Gasteiger partial charge in [0.25, 0.3) is 0 Å². The Morgan fingerprint density at radius 3 is 2.81 bits per heavy atom. The number of benzene rings is 1. The van der Waals surface area contributed by atoms with Crippen LogP contribution in [-0.2, 0) is 11.3 Å². The van der Waals surface area contributed by atoms with Crippen molar-refractivity contribution >= 4 is 17.7 Å². The third kappa shape index (κ3) is 2.38. The van der Waals surface area contributed by atoms with E-state index in [1.807, 2.05) is 12.1 Å². The number of nitrogens with zero attached hydrogens (tertiary/aromatic N) is 1. The number of nitrogens with one attached hydrogen (secondary N) is 1. The van der Waals surface area contributed by atoms with Crippen LogP contribution in [-0.4, -0.2) is 16.5 Å². The van der Waals surface area contributed by atoms with Crippen molar-refractivity contribution in [3.05, 3.63) is 35.3 Å². The van der Waals surface area contributed by atoms with Crippen LogP contribution in [0, 0.1) is 0 Å². The average Bonchev–Trinajstić information content (AvgIpc) is 2.76. The molecular formula is C11H10N2O2S. The zero-order valence-electron chi connectivity index (χ0n) is 8.38. The Morgan fingerprint density at radius 1 is 1.38 bits per heavy atom. The molecule has 0 spiro atoms. The van der Waals surface area contributed by atoms with Gasteiger partial charge in [0.1, 0.15) is 10.8 Å². The lowest BCUT2D eigenvalue weighted by Gasteiger charge is -1.96. The highest BCUT2D eigenvalue weighted by Crippen LogP contribution is 2.26. The fourth-order valence-electron chi connectivity index (χ4n) is 1.27. The fraction of sp³-hybridized carbons (Fsp3) is 0.0909. The summed E-state index contributed by atoms with van der Waals surface area (Å²) in [4.78, 5) is 15.4. The predicted molar refractivity (Wildman–Crippen MR) is 62.1 cm³/mol. The van der Waals surface area contributed by atoms with Crippen LogP contribution in [0.3, 0.4) is 0 Å². The maximum absolute atomic E-state index is 10.1. The molecule has 1 aromatic carbocycles. The molecule has 0 fully saturated rings. The quantitative estimate of drug-likeness (QED) is 0.792. The topological polar surface area (TPSA) is 62.2 Å². The van der Waals surface area contributed by atoms with Crippen LogP contribution < -0.4 is 5.32 Å². The van der Waals surface area contributed by atoms with Crippen molar-refractivity contribution in [2.24, 2.45) is 0 Å². The van der Waals surface area contributed by atoms with Gasteiger partial charge in [-0.05, 0) is 24.3 Å². The first-order valence-corrected chi connectivity index (χ1v) is 5.52. The average molecular weight is 234 g/mol. The maximum atomic E-state index is 10.1. The predicted octanol–water partition coefficient (Wildman–Crippen LogP) is 1.76. The van der Waals surface area contributed by atoms with E-state index < -0.39 is 0 Å². The van der Waals surface area contributed by atoms with Crippen LogP contribution in [0.25, 0.3) is 10.6 Å². The highest BCUT2D eigenvalue weighted by molar-refractivity contribution is 7.15. The first-order chi connectivity index (χ1) is 7.79. The van der Waals surface area contributed by atoms with Crippen molar-refractivity contribution in [1.29, 1.82) is 0 Å². The summed E-state index contributed by atoms with van der Waals surface area (Å²) in [6.07, 6.45) is 2.41. The Balaban J connectivity index is 2.17. The Labute approximate surface area is 96.6 Å². The zero-order valence-corrected chi connectivity index (χ0v) is 9.20. The summed E-state index contributed by atoms with van der Waals surface area (Å²) in [5.41, 5.74) is 0.958. The first-order valence-electron chi connectivity index (χ1n) is 4.71. The smallest absolute Gasteiger partial charge is 0.207 e. The normalized spacial score (nSPS) is 10.0. The van der Waals surface area contributed by atoms with Gasteiger partial charge < -0.3 is 10.4 Å². The van der Waals surface area contributed by atoms with Crippen molar-refractivity contribution in [3.8, 4) is 16.3 Å². The second kappa shape index (κ2) is 4.76. The number of carbonyl (C=O) groups is 1. The number of phenols is 1. The van der Waals surface area contributed by atoms with Gasteiger partial charge in [0, 0.05) is 16.6 Å². The third-order valence-electron chi connectivity index (χ3n) is 2.03. The molecule has 0 aliphatic heterocycles. The molecule has 0 saturated carbocycles. The van der Waals surface area contributed by atoms with Gasteiger partial charge in [-0.1, -0.05) is 0 Å². The number of aromatic nitrogens is 1. The van der Waals surface area contributed by atoms with E-state index in [-0.39, 0.29) is 5.75 Å². The highest BCUT2D eigenvalue weighted by atomic mass is 32.1. The molecule has 4 nitrogen and oxygen atoms in total. The van der Waals surface area contributed by atoms with E-state index in [4.69, 9.17) is 5.11 Å². The van der Waals surface area contributed by atoms with Crippen LogP contribution in [0.15, 0.2) is 30.5 Å². The summed E-state index contributed by atoms with van der Waals surface area (Å²) >= 11 is 1.52. The minimum absolute atomic E-state index is 0.239. The highest BCUT2D eigenvalue weighted by Gasteiger charge is 2.04. The van der Waals surface area contributed by atoms with Crippen LogP contribution in [0.1, 0.15) is 4.88 Å². The third-order valence-corrected chi connectivity index (χ3v) is 3.07. The van der Waals surface area contributed by atoms with Gasteiger partial charge in [0.05, 0.1) is 6.54 Å². The number of carbonyl (C=O) groups excluding carboxylic acids is 1. The molecular weight excluding hydrogens is 224 g/mol. The molecule has 1 heterocycles. The van der Waals surface area contributed by atoms with Crippen LogP contribution in [0.5, 0.6) is 5.75 Å². The Kier molecular flexibility index (Phi) is 3.16. The minimum atomic E-state index is 0.239. The number of hydrogen-bond acceptors (Lipinski definition) is 4. The maximum Gasteiger partial charge on any atom is 0.207 e. The van der Waals surface area contributed by atoms with Crippen molar-refractivity contribution < 1.29 is 9.90 Å². The van der Waals surface area contributed by atoms with Gasteiger partial charge in [-0.25, -0.2) is 4.98 Å². The van der Waals surface area contributed by atoms with Gasteiger partial charge in [-0.3, -0.25) is 4.79 Å². The molecule has 0 aliphatic carbocycles. The summed E-state index contributed by atoms with van der Waals surface area (Å²) in [6.45, 7) is 0.499. The molecule has 0 aliphatic rings. The van der Waals surface area contributed by atoms with E-state index in [0.717, 1.165) is 15.4 Å². The molecule has 2 aromatic rings. The summed E-state index contributed by atoms with van der Waals surface area (Å²) in [7, 11) is 0. The second-order valence-corrected chi connectivity index (χ2v) is 4.29. The number of amides is 1. The zero-order chi connectivity index (χ0) is 11.4. The monoisotopic (exact) mass is 234 g/mol. The molecule has 0 unspecified atom stereocenters. The van der Waals surface area contributed by atoms with Crippen LogP contribution >= 0.6 is 11.3 Å². The van der Waals surface area contributed by atoms with E-state index in [2.05, 4.69) is 10.3 Å². The second-order valence-electron chi connectivity index (χ2n) is 3.18. The minimum Gasteiger partial charge on any atom is -0.508 e. The molecule has 82 valence electrons. The lowest BCUT2D eigenvalue weighted by atomic mass is 10.2. The van der Waals surface area contributed by atoms with Crippen molar-refractivity contribution in [2.45, 2.75) is 6.54 Å². The standard InChI is InChI=1S/C11H10N2O2S/c14-7-12-5-10-6-13-11(16-10)8-1-3-9(15)4-2-8/h1-4,6-7,15H,5H2,(H,12,14). The molecule has 1 amide bonds. The van der Waals surface area contributed by atoms with E-state index >= 15 is 0 Å². The van der Waals surface area contributed by atoms with E-state index in [0.29, 0.717) is 13.0 Å². The SMILES string of the molecule is O=CNCc1cnc(-c2ccc(O)cc2)s1. The van der Waals surface area contributed by atoms with Crippen molar-refractivity contribution in [2.75, 3.05) is 0 Å². The Bertz CT molecular complexity index is 479. The number of thiazole rings is 1. The van der Waals surface area contributed by atoms with Gasteiger partial charge >= 0.3 is 0 Å². The first kappa shape index (κ1) is 10.6. The number of aromatic hydroxyl groups is 1. The molecule has 5 heteroatoms. The van der Waals surface area contributed by atoms with E-state index in [9.17, 15) is 4.79 Å². The molecule has 0 saturated heterocycles.